The van der Waals surface area contributed by atoms with Gasteiger partial charge in [-0.25, -0.2) is 4.98 Å². The Morgan fingerprint density at radius 2 is 2.13 bits per heavy atom. The average Bonchev–Trinajstić information content (AvgIpc) is 2.23. The average molecular weight is 294 g/mol. The van der Waals surface area contributed by atoms with Crippen molar-refractivity contribution in [2.24, 2.45) is 0 Å². The molecule has 1 saturated heterocycles. The SMILES string of the molecule is Brc1cccnc1OC1CCNCC1.Cl. The van der Waals surface area contributed by atoms with Gasteiger partial charge in [0.1, 0.15) is 6.10 Å². The quantitative estimate of drug-likeness (QED) is 0.909. The number of hydrogen-bond acceptors (Lipinski definition) is 3. The van der Waals surface area contributed by atoms with Gasteiger partial charge >= 0.3 is 0 Å². The van der Waals surface area contributed by atoms with Crippen LogP contribution in [0.4, 0.5) is 0 Å². The molecule has 1 N–H and O–H groups in total. The Balaban J connectivity index is 0.00000112. The lowest BCUT2D eigenvalue weighted by Crippen LogP contribution is -2.34. The summed E-state index contributed by atoms with van der Waals surface area (Å²) in [5.41, 5.74) is 0. The highest BCUT2D eigenvalue weighted by Gasteiger charge is 2.15. The predicted molar refractivity (Wildman–Crippen MR) is 65.7 cm³/mol. The minimum atomic E-state index is 0. The van der Waals surface area contributed by atoms with Crippen LogP contribution in [0.3, 0.4) is 0 Å². The summed E-state index contributed by atoms with van der Waals surface area (Å²) < 4.78 is 6.72. The molecule has 84 valence electrons. The van der Waals surface area contributed by atoms with E-state index in [1.165, 1.54) is 0 Å². The van der Waals surface area contributed by atoms with Crippen molar-refractivity contribution in [3.05, 3.63) is 22.8 Å². The lowest BCUT2D eigenvalue weighted by Gasteiger charge is -2.23. The van der Waals surface area contributed by atoms with Crippen molar-refractivity contribution in [2.75, 3.05) is 13.1 Å². The van der Waals surface area contributed by atoms with Crippen molar-refractivity contribution in [2.45, 2.75) is 18.9 Å². The molecule has 1 fully saturated rings. The van der Waals surface area contributed by atoms with Crippen molar-refractivity contribution in [3.63, 3.8) is 0 Å². The van der Waals surface area contributed by atoms with Crippen molar-refractivity contribution in [1.82, 2.24) is 10.3 Å². The molecular formula is C10H14BrClN2O. The van der Waals surface area contributed by atoms with E-state index in [0.29, 0.717) is 12.0 Å². The smallest absolute Gasteiger partial charge is 0.228 e. The first kappa shape index (κ1) is 12.7. The number of nitrogens with one attached hydrogen (secondary N) is 1. The van der Waals surface area contributed by atoms with E-state index in [2.05, 4.69) is 26.2 Å². The molecule has 0 saturated carbocycles. The fraction of sp³-hybridized carbons (Fsp3) is 0.500. The molecule has 0 unspecified atom stereocenters. The van der Waals surface area contributed by atoms with E-state index in [-0.39, 0.29) is 12.4 Å². The number of rotatable bonds is 2. The number of piperidine rings is 1. The summed E-state index contributed by atoms with van der Waals surface area (Å²) in [5, 5.41) is 3.30. The molecule has 0 atom stereocenters. The third-order valence-corrected chi connectivity index (χ3v) is 2.89. The van der Waals surface area contributed by atoms with Gasteiger partial charge < -0.3 is 10.1 Å². The van der Waals surface area contributed by atoms with Crippen LogP contribution in [0.15, 0.2) is 22.8 Å². The molecule has 1 aromatic rings. The second-order valence-electron chi connectivity index (χ2n) is 3.36. The molecule has 1 aliphatic heterocycles. The second-order valence-corrected chi connectivity index (χ2v) is 4.21. The highest BCUT2D eigenvalue weighted by atomic mass is 79.9. The van der Waals surface area contributed by atoms with E-state index in [1.807, 2.05) is 12.1 Å². The molecule has 2 heterocycles. The predicted octanol–water partition coefficient (Wildman–Crippen LogP) is 2.40. The van der Waals surface area contributed by atoms with Gasteiger partial charge in [0.15, 0.2) is 0 Å². The monoisotopic (exact) mass is 292 g/mol. The van der Waals surface area contributed by atoms with Crippen molar-refractivity contribution in [1.29, 1.82) is 0 Å². The normalized spacial score (nSPS) is 16.9. The van der Waals surface area contributed by atoms with Crippen LogP contribution in [0.1, 0.15) is 12.8 Å². The number of ether oxygens (including phenoxy) is 1. The summed E-state index contributed by atoms with van der Waals surface area (Å²) in [6.07, 6.45) is 4.18. The van der Waals surface area contributed by atoms with Crippen LogP contribution in [-0.2, 0) is 0 Å². The minimum Gasteiger partial charge on any atom is -0.473 e. The Labute approximate surface area is 104 Å². The minimum absolute atomic E-state index is 0. The molecule has 0 aromatic carbocycles. The van der Waals surface area contributed by atoms with Crippen LogP contribution in [-0.4, -0.2) is 24.2 Å². The summed E-state index contributed by atoms with van der Waals surface area (Å²) in [4.78, 5) is 4.18. The van der Waals surface area contributed by atoms with Crippen LogP contribution >= 0.6 is 28.3 Å². The zero-order valence-corrected chi connectivity index (χ0v) is 10.7. The maximum atomic E-state index is 5.79. The molecule has 1 aromatic heterocycles. The molecule has 5 heteroatoms. The van der Waals surface area contributed by atoms with E-state index in [1.54, 1.807) is 6.20 Å². The van der Waals surface area contributed by atoms with E-state index >= 15 is 0 Å². The van der Waals surface area contributed by atoms with Crippen molar-refractivity contribution >= 4 is 28.3 Å². The number of halogens is 2. The number of nitrogens with zero attached hydrogens (tertiary/aromatic N) is 1. The van der Waals surface area contributed by atoms with E-state index in [0.717, 1.165) is 30.4 Å². The first-order chi connectivity index (χ1) is 6.86. The summed E-state index contributed by atoms with van der Waals surface area (Å²) in [6.45, 7) is 2.07. The summed E-state index contributed by atoms with van der Waals surface area (Å²) in [6, 6.07) is 3.84. The standard InChI is InChI=1S/C10H13BrN2O.ClH/c11-9-2-1-5-13-10(9)14-8-3-6-12-7-4-8;/h1-2,5,8,12H,3-4,6-7H2;1H. The molecule has 1 aliphatic rings. The first-order valence-electron chi connectivity index (χ1n) is 4.84. The number of pyridine rings is 1. The third-order valence-electron chi connectivity index (χ3n) is 2.29. The molecule has 0 spiro atoms. The highest BCUT2D eigenvalue weighted by Crippen LogP contribution is 2.23. The summed E-state index contributed by atoms with van der Waals surface area (Å²) in [7, 11) is 0. The Hall–Kier alpha value is -0.320. The lowest BCUT2D eigenvalue weighted by molar-refractivity contribution is 0.155. The van der Waals surface area contributed by atoms with E-state index < -0.39 is 0 Å². The molecule has 3 nitrogen and oxygen atoms in total. The zero-order chi connectivity index (χ0) is 9.80. The molecule has 0 bridgehead atoms. The van der Waals surface area contributed by atoms with Gasteiger partial charge in [0, 0.05) is 6.20 Å². The molecule has 15 heavy (non-hydrogen) atoms. The fourth-order valence-corrected chi connectivity index (χ4v) is 1.88. The van der Waals surface area contributed by atoms with Gasteiger partial charge in [0.25, 0.3) is 0 Å². The van der Waals surface area contributed by atoms with Gasteiger partial charge in [-0.1, -0.05) is 0 Å². The maximum absolute atomic E-state index is 5.79. The fourth-order valence-electron chi connectivity index (χ4n) is 1.53. The molecule has 0 aliphatic carbocycles. The van der Waals surface area contributed by atoms with E-state index in [4.69, 9.17) is 4.74 Å². The van der Waals surface area contributed by atoms with Gasteiger partial charge in [0.2, 0.25) is 5.88 Å². The van der Waals surface area contributed by atoms with Crippen LogP contribution in [0.2, 0.25) is 0 Å². The van der Waals surface area contributed by atoms with Gasteiger partial charge in [-0.05, 0) is 54.0 Å². The topological polar surface area (TPSA) is 34.1 Å². The van der Waals surface area contributed by atoms with Crippen molar-refractivity contribution in [3.8, 4) is 5.88 Å². The third kappa shape index (κ3) is 3.63. The summed E-state index contributed by atoms with van der Waals surface area (Å²) in [5.74, 6) is 0.708. The first-order valence-corrected chi connectivity index (χ1v) is 5.63. The zero-order valence-electron chi connectivity index (χ0n) is 8.28. The Bertz CT molecular complexity index is 305. The number of aromatic nitrogens is 1. The molecular weight excluding hydrogens is 279 g/mol. The Morgan fingerprint density at radius 3 is 2.80 bits per heavy atom. The van der Waals surface area contributed by atoms with Gasteiger partial charge in [-0.3, -0.25) is 0 Å². The van der Waals surface area contributed by atoms with E-state index in [9.17, 15) is 0 Å². The molecule has 2 rings (SSSR count). The van der Waals surface area contributed by atoms with Crippen molar-refractivity contribution < 1.29 is 4.74 Å². The van der Waals surface area contributed by atoms with Crippen LogP contribution in [0, 0.1) is 0 Å². The van der Waals surface area contributed by atoms with Crippen LogP contribution in [0.25, 0.3) is 0 Å². The van der Waals surface area contributed by atoms with Crippen LogP contribution < -0.4 is 10.1 Å². The largest absolute Gasteiger partial charge is 0.473 e. The Morgan fingerprint density at radius 1 is 1.40 bits per heavy atom. The van der Waals surface area contributed by atoms with Gasteiger partial charge in [0.05, 0.1) is 4.47 Å². The van der Waals surface area contributed by atoms with Gasteiger partial charge in [-0.2, -0.15) is 0 Å². The lowest BCUT2D eigenvalue weighted by atomic mass is 10.1. The Kier molecular flexibility index (Phi) is 5.36. The molecule has 0 radical (unpaired) electrons. The van der Waals surface area contributed by atoms with Crippen LogP contribution in [0.5, 0.6) is 5.88 Å². The van der Waals surface area contributed by atoms with Gasteiger partial charge in [-0.15, -0.1) is 12.4 Å². The maximum Gasteiger partial charge on any atom is 0.228 e. The summed E-state index contributed by atoms with van der Waals surface area (Å²) >= 11 is 3.42. The molecule has 0 amide bonds. The highest BCUT2D eigenvalue weighted by molar-refractivity contribution is 9.10. The second kappa shape index (κ2) is 6.30. The number of hydrogen-bond donors (Lipinski definition) is 1.